The first kappa shape index (κ1) is 18.5. The summed E-state index contributed by atoms with van der Waals surface area (Å²) in [5, 5.41) is 11.3. The Bertz CT molecular complexity index is 812. The Morgan fingerprint density at radius 3 is 2.54 bits per heavy atom. The molecule has 0 aliphatic carbocycles. The normalized spacial score (nSPS) is 10.4. The first-order chi connectivity index (χ1) is 11.4. The number of carbonyl (C=O) groups excluding carboxylic acids is 1. The fourth-order valence-electron chi connectivity index (χ4n) is 2.06. The van der Waals surface area contributed by atoms with Crippen LogP contribution in [0.2, 0.25) is 15.1 Å². The lowest BCUT2D eigenvalue weighted by Crippen LogP contribution is -2.11. The van der Waals surface area contributed by atoms with E-state index in [1.54, 1.807) is 18.2 Å². The first-order valence-electron chi connectivity index (χ1n) is 6.67. The number of nitrogens with one attached hydrogen (secondary N) is 2. The maximum Gasteiger partial charge on any atom is 0.340 e. The SMILES string of the molecule is COC(=O)c1cc(Cl)c(NCc2ccc(Cl)c(Cl)c2)c(C=N)c1F. The van der Waals surface area contributed by atoms with Crippen molar-refractivity contribution in [3.05, 3.63) is 61.8 Å². The van der Waals surface area contributed by atoms with Crippen LogP contribution in [-0.4, -0.2) is 19.3 Å². The van der Waals surface area contributed by atoms with Crippen LogP contribution in [0.3, 0.4) is 0 Å². The fraction of sp³-hybridized carbons (Fsp3) is 0.125. The van der Waals surface area contributed by atoms with E-state index in [1.807, 2.05) is 0 Å². The number of ether oxygens (including phenoxy) is 1. The maximum atomic E-state index is 14.4. The zero-order valence-electron chi connectivity index (χ0n) is 12.4. The molecule has 0 radical (unpaired) electrons. The first-order valence-corrected chi connectivity index (χ1v) is 7.81. The Morgan fingerprint density at radius 1 is 1.25 bits per heavy atom. The van der Waals surface area contributed by atoms with Crippen LogP contribution in [0.5, 0.6) is 0 Å². The summed E-state index contributed by atoms with van der Waals surface area (Å²) < 4.78 is 18.9. The molecular weight excluding hydrogens is 378 g/mol. The molecule has 2 aromatic carbocycles. The van der Waals surface area contributed by atoms with Crippen LogP contribution in [0.25, 0.3) is 0 Å². The lowest BCUT2D eigenvalue weighted by atomic mass is 10.1. The number of methoxy groups -OCH3 is 1. The summed E-state index contributed by atoms with van der Waals surface area (Å²) in [6.07, 6.45) is 0.783. The van der Waals surface area contributed by atoms with Gasteiger partial charge in [-0.2, -0.15) is 0 Å². The summed E-state index contributed by atoms with van der Waals surface area (Å²) in [7, 11) is 1.14. The zero-order chi connectivity index (χ0) is 17.9. The van der Waals surface area contributed by atoms with Gasteiger partial charge in [0.2, 0.25) is 0 Å². The monoisotopic (exact) mass is 388 g/mol. The van der Waals surface area contributed by atoms with Crippen molar-refractivity contribution < 1.29 is 13.9 Å². The molecule has 4 nitrogen and oxygen atoms in total. The highest BCUT2D eigenvalue weighted by Gasteiger charge is 2.21. The van der Waals surface area contributed by atoms with Gasteiger partial charge in [0.1, 0.15) is 5.82 Å². The molecule has 0 fully saturated rings. The van der Waals surface area contributed by atoms with E-state index in [0.29, 0.717) is 10.0 Å². The molecule has 0 amide bonds. The van der Waals surface area contributed by atoms with E-state index in [9.17, 15) is 9.18 Å². The van der Waals surface area contributed by atoms with Crippen molar-refractivity contribution in [1.82, 2.24) is 0 Å². The van der Waals surface area contributed by atoms with Gasteiger partial charge in [0.15, 0.2) is 0 Å². The van der Waals surface area contributed by atoms with Gasteiger partial charge in [0.05, 0.1) is 39.0 Å². The van der Waals surface area contributed by atoms with Gasteiger partial charge < -0.3 is 15.5 Å². The highest BCUT2D eigenvalue weighted by atomic mass is 35.5. The van der Waals surface area contributed by atoms with E-state index < -0.39 is 11.8 Å². The van der Waals surface area contributed by atoms with E-state index >= 15 is 0 Å². The molecule has 8 heteroatoms. The third-order valence-corrected chi connectivity index (χ3v) is 4.29. The Balaban J connectivity index is 2.36. The van der Waals surface area contributed by atoms with Gasteiger partial charge in [-0.3, -0.25) is 0 Å². The number of benzene rings is 2. The van der Waals surface area contributed by atoms with Crippen LogP contribution in [0.4, 0.5) is 10.1 Å². The molecule has 0 aliphatic rings. The molecule has 0 saturated carbocycles. The van der Waals surface area contributed by atoms with Crippen molar-refractivity contribution in [2.75, 3.05) is 12.4 Å². The molecule has 0 unspecified atom stereocenters. The molecule has 0 atom stereocenters. The second kappa shape index (κ2) is 7.83. The lowest BCUT2D eigenvalue weighted by Gasteiger charge is -2.14. The Labute approximate surface area is 153 Å². The quantitative estimate of drug-likeness (QED) is 0.547. The highest BCUT2D eigenvalue weighted by Crippen LogP contribution is 2.31. The van der Waals surface area contributed by atoms with Crippen LogP contribution >= 0.6 is 34.8 Å². The summed E-state index contributed by atoms with van der Waals surface area (Å²) in [4.78, 5) is 11.6. The largest absolute Gasteiger partial charge is 0.465 e. The van der Waals surface area contributed by atoms with Crippen molar-refractivity contribution >= 4 is 52.7 Å². The van der Waals surface area contributed by atoms with Gasteiger partial charge in [-0.25, -0.2) is 9.18 Å². The molecule has 2 rings (SSSR count). The maximum absolute atomic E-state index is 14.4. The van der Waals surface area contributed by atoms with Crippen molar-refractivity contribution in [2.24, 2.45) is 0 Å². The van der Waals surface area contributed by atoms with Gasteiger partial charge in [-0.1, -0.05) is 40.9 Å². The van der Waals surface area contributed by atoms with Crippen molar-refractivity contribution in [1.29, 1.82) is 5.41 Å². The van der Waals surface area contributed by atoms with Crippen LogP contribution in [0.1, 0.15) is 21.5 Å². The third-order valence-electron chi connectivity index (χ3n) is 3.26. The molecule has 0 bridgehead atoms. The minimum absolute atomic E-state index is 0.0929. The number of carbonyl (C=O) groups is 1. The average molecular weight is 390 g/mol. The van der Waals surface area contributed by atoms with Gasteiger partial charge in [0, 0.05) is 12.8 Å². The minimum Gasteiger partial charge on any atom is -0.465 e. The Morgan fingerprint density at radius 2 is 1.96 bits per heavy atom. The minimum atomic E-state index is -0.877. The molecule has 0 spiro atoms. The molecule has 0 heterocycles. The van der Waals surface area contributed by atoms with E-state index in [1.165, 1.54) is 0 Å². The zero-order valence-corrected chi connectivity index (χ0v) is 14.7. The van der Waals surface area contributed by atoms with Crippen molar-refractivity contribution in [3.63, 3.8) is 0 Å². The number of esters is 1. The number of rotatable bonds is 5. The topological polar surface area (TPSA) is 62.2 Å². The van der Waals surface area contributed by atoms with Crippen LogP contribution < -0.4 is 5.32 Å². The molecule has 0 aromatic heterocycles. The smallest absolute Gasteiger partial charge is 0.340 e. The number of anilines is 1. The second-order valence-corrected chi connectivity index (χ2v) is 5.97. The van der Waals surface area contributed by atoms with E-state index in [0.717, 1.165) is 25.0 Å². The Hall–Kier alpha value is -1.82. The molecule has 0 saturated heterocycles. The van der Waals surface area contributed by atoms with Crippen LogP contribution in [0, 0.1) is 11.2 Å². The molecule has 2 N–H and O–H groups in total. The van der Waals surface area contributed by atoms with Crippen molar-refractivity contribution in [3.8, 4) is 0 Å². The van der Waals surface area contributed by atoms with Gasteiger partial charge in [-0.15, -0.1) is 0 Å². The predicted molar refractivity (Wildman–Crippen MR) is 94.4 cm³/mol. The van der Waals surface area contributed by atoms with Gasteiger partial charge in [0.25, 0.3) is 0 Å². The molecule has 0 aliphatic heterocycles. The van der Waals surface area contributed by atoms with Crippen molar-refractivity contribution in [2.45, 2.75) is 6.54 Å². The molecule has 2 aromatic rings. The molecule has 24 heavy (non-hydrogen) atoms. The van der Waals surface area contributed by atoms with E-state index in [-0.39, 0.29) is 28.4 Å². The molecule has 126 valence electrons. The summed E-state index contributed by atoms with van der Waals surface area (Å²) in [6.45, 7) is 0.272. The standard InChI is InChI=1S/C16H12Cl3FN2O2/c1-24-16(23)9-5-13(19)15(10(6-21)14(9)20)22-7-8-2-3-11(17)12(18)4-8/h2-6,21-22H,7H2,1H3. The lowest BCUT2D eigenvalue weighted by molar-refractivity contribution is 0.0595. The molecular formula is C16H12Cl3FN2O2. The third kappa shape index (κ3) is 3.80. The van der Waals surface area contributed by atoms with Gasteiger partial charge >= 0.3 is 5.97 Å². The number of halogens is 4. The summed E-state index contributed by atoms with van der Waals surface area (Å²) in [6, 6.07) is 6.21. The summed E-state index contributed by atoms with van der Waals surface area (Å²) in [5.74, 6) is -1.74. The number of hydrogen-bond acceptors (Lipinski definition) is 4. The highest BCUT2D eigenvalue weighted by molar-refractivity contribution is 6.42. The van der Waals surface area contributed by atoms with E-state index in [4.69, 9.17) is 40.2 Å². The number of hydrogen-bond donors (Lipinski definition) is 2. The van der Waals surface area contributed by atoms with E-state index in [2.05, 4.69) is 10.1 Å². The Kier molecular flexibility index (Phi) is 6.04. The average Bonchev–Trinajstić information content (AvgIpc) is 2.57. The summed E-state index contributed by atoms with van der Waals surface area (Å²) >= 11 is 17.9. The summed E-state index contributed by atoms with van der Waals surface area (Å²) in [5.41, 5.74) is 0.515. The second-order valence-electron chi connectivity index (χ2n) is 4.75. The van der Waals surface area contributed by atoms with Crippen LogP contribution in [0.15, 0.2) is 24.3 Å². The van der Waals surface area contributed by atoms with Crippen LogP contribution in [-0.2, 0) is 11.3 Å². The van der Waals surface area contributed by atoms with Gasteiger partial charge in [-0.05, 0) is 23.8 Å². The predicted octanol–water partition coefficient (Wildman–Crippen LogP) is 5.18. The fourth-order valence-corrected chi connectivity index (χ4v) is 2.66.